The summed E-state index contributed by atoms with van der Waals surface area (Å²) in [6, 6.07) is 6.06. The van der Waals surface area contributed by atoms with Crippen LogP contribution >= 0.6 is 0 Å². The second-order valence-corrected chi connectivity index (χ2v) is 5.24. The van der Waals surface area contributed by atoms with E-state index in [0.717, 1.165) is 16.8 Å². The first-order valence-electron chi connectivity index (χ1n) is 5.89. The lowest BCUT2D eigenvalue weighted by atomic mass is 9.92. The lowest BCUT2D eigenvalue weighted by Gasteiger charge is -2.23. The zero-order chi connectivity index (χ0) is 13.1. The molecule has 0 aromatic heterocycles. The van der Waals surface area contributed by atoms with Crippen LogP contribution < -0.4 is 10.6 Å². The summed E-state index contributed by atoms with van der Waals surface area (Å²) in [5.41, 5.74) is 2.78. The van der Waals surface area contributed by atoms with Crippen LogP contribution in [-0.2, 0) is 4.79 Å². The fourth-order valence-electron chi connectivity index (χ4n) is 1.87. The lowest BCUT2D eigenvalue weighted by Crippen LogP contribution is -2.38. The molecule has 94 valence electrons. The van der Waals surface area contributed by atoms with Crippen LogP contribution in [-0.4, -0.2) is 19.5 Å². The minimum absolute atomic E-state index is 0.0388. The van der Waals surface area contributed by atoms with Crippen molar-refractivity contribution in [2.45, 2.75) is 27.7 Å². The van der Waals surface area contributed by atoms with Crippen molar-refractivity contribution >= 4 is 11.6 Å². The number of hydrogen-bond acceptors (Lipinski definition) is 2. The topological polar surface area (TPSA) is 41.1 Å². The number of carbonyl (C=O) groups is 1. The third-order valence-corrected chi connectivity index (χ3v) is 2.71. The zero-order valence-corrected chi connectivity index (χ0v) is 11.3. The molecule has 1 aromatic carbocycles. The van der Waals surface area contributed by atoms with E-state index < -0.39 is 5.41 Å². The van der Waals surface area contributed by atoms with Gasteiger partial charge in [-0.2, -0.15) is 0 Å². The summed E-state index contributed by atoms with van der Waals surface area (Å²) in [4.78, 5) is 12.1. The number of nitrogens with one attached hydrogen (secondary N) is 2. The fraction of sp³-hybridized carbons (Fsp3) is 0.500. The fourth-order valence-corrected chi connectivity index (χ4v) is 1.87. The summed E-state index contributed by atoms with van der Waals surface area (Å²) in [6.07, 6.45) is 0. The van der Waals surface area contributed by atoms with Crippen molar-refractivity contribution in [3.63, 3.8) is 0 Å². The summed E-state index contributed by atoms with van der Waals surface area (Å²) in [7, 11) is 1.85. The summed E-state index contributed by atoms with van der Waals surface area (Å²) < 4.78 is 0. The molecular weight excluding hydrogens is 212 g/mol. The van der Waals surface area contributed by atoms with Gasteiger partial charge in [-0.3, -0.25) is 4.79 Å². The third kappa shape index (κ3) is 3.86. The smallest absolute Gasteiger partial charge is 0.231 e. The largest absolute Gasteiger partial charge is 0.326 e. The molecule has 0 aliphatic carbocycles. The monoisotopic (exact) mass is 234 g/mol. The molecule has 1 rings (SSSR count). The molecule has 0 atom stereocenters. The maximum atomic E-state index is 12.1. The molecule has 17 heavy (non-hydrogen) atoms. The first-order chi connectivity index (χ1) is 7.85. The van der Waals surface area contributed by atoms with E-state index >= 15 is 0 Å². The quantitative estimate of drug-likeness (QED) is 0.840. The minimum Gasteiger partial charge on any atom is -0.326 e. The number of rotatable bonds is 4. The number of benzene rings is 1. The van der Waals surface area contributed by atoms with Gasteiger partial charge in [-0.25, -0.2) is 0 Å². The van der Waals surface area contributed by atoms with Crippen molar-refractivity contribution in [2.24, 2.45) is 5.41 Å². The molecule has 0 aliphatic heterocycles. The Bertz CT molecular complexity index is 390. The summed E-state index contributed by atoms with van der Waals surface area (Å²) in [5.74, 6) is 0.0388. The average molecular weight is 234 g/mol. The number of aryl methyl sites for hydroxylation is 2. The van der Waals surface area contributed by atoms with Crippen molar-refractivity contribution < 1.29 is 4.79 Å². The van der Waals surface area contributed by atoms with Gasteiger partial charge in [0.1, 0.15) is 0 Å². The molecule has 0 saturated heterocycles. The van der Waals surface area contributed by atoms with Crippen molar-refractivity contribution in [2.75, 3.05) is 18.9 Å². The van der Waals surface area contributed by atoms with E-state index in [1.54, 1.807) is 0 Å². The van der Waals surface area contributed by atoms with E-state index in [1.807, 2.05) is 46.9 Å². The maximum Gasteiger partial charge on any atom is 0.231 e. The molecule has 0 saturated carbocycles. The zero-order valence-electron chi connectivity index (χ0n) is 11.3. The van der Waals surface area contributed by atoms with E-state index in [9.17, 15) is 4.79 Å². The molecule has 1 aromatic rings. The van der Waals surface area contributed by atoms with Gasteiger partial charge in [0.05, 0.1) is 5.41 Å². The molecule has 0 heterocycles. The van der Waals surface area contributed by atoms with Crippen molar-refractivity contribution in [1.82, 2.24) is 5.32 Å². The minimum atomic E-state index is -0.410. The number of amides is 1. The Kier molecular flexibility index (Phi) is 4.29. The van der Waals surface area contributed by atoms with Crippen LogP contribution in [0.4, 0.5) is 5.69 Å². The molecular formula is C14H22N2O. The lowest BCUT2D eigenvalue weighted by molar-refractivity contribution is -0.123. The highest BCUT2D eigenvalue weighted by Crippen LogP contribution is 2.19. The highest BCUT2D eigenvalue weighted by Gasteiger charge is 2.26. The normalized spacial score (nSPS) is 11.4. The highest BCUT2D eigenvalue weighted by atomic mass is 16.2. The summed E-state index contributed by atoms with van der Waals surface area (Å²) in [5, 5.41) is 6.01. The highest BCUT2D eigenvalue weighted by molar-refractivity contribution is 5.95. The number of anilines is 1. The summed E-state index contributed by atoms with van der Waals surface area (Å²) >= 11 is 0. The molecule has 1 amide bonds. The van der Waals surface area contributed by atoms with E-state index in [1.165, 1.54) is 0 Å². The first kappa shape index (κ1) is 13.7. The molecule has 0 fully saturated rings. The van der Waals surface area contributed by atoms with Crippen LogP contribution in [0.2, 0.25) is 0 Å². The third-order valence-electron chi connectivity index (χ3n) is 2.71. The van der Waals surface area contributed by atoms with Crippen molar-refractivity contribution in [1.29, 1.82) is 0 Å². The van der Waals surface area contributed by atoms with Gasteiger partial charge >= 0.3 is 0 Å². The predicted octanol–water partition coefficient (Wildman–Crippen LogP) is 2.49. The van der Waals surface area contributed by atoms with Crippen molar-refractivity contribution in [3.8, 4) is 0 Å². The van der Waals surface area contributed by atoms with Crippen LogP contribution in [0.3, 0.4) is 0 Å². The maximum absolute atomic E-state index is 12.1. The van der Waals surface area contributed by atoms with E-state index in [4.69, 9.17) is 0 Å². The number of hydrogen-bond donors (Lipinski definition) is 2. The molecule has 3 nitrogen and oxygen atoms in total. The SMILES string of the molecule is CNCC(C)(C)C(=O)Nc1cc(C)cc(C)c1. The Balaban J connectivity index is 2.80. The molecule has 0 spiro atoms. The Morgan fingerprint density at radius 2 is 1.71 bits per heavy atom. The molecule has 0 unspecified atom stereocenters. The summed E-state index contributed by atoms with van der Waals surface area (Å²) in [6.45, 7) is 8.58. The van der Waals surface area contributed by atoms with E-state index in [2.05, 4.69) is 16.7 Å². The molecule has 0 radical (unpaired) electrons. The van der Waals surface area contributed by atoms with Crippen LogP contribution in [0.15, 0.2) is 18.2 Å². The molecule has 3 heteroatoms. The second kappa shape index (κ2) is 5.32. The van der Waals surface area contributed by atoms with Gasteiger partial charge in [0.2, 0.25) is 5.91 Å². The van der Waals surface area contributed by atoms with Gasteiger partial charge < -0.3 is 10.6 Å². The molecule has 0 bridgehead atoms. The van der Waals surface area contributed by atoms with Gasteiger partial charge in [0.25, 0.3) is 0 Å². The Hall–Kier alpha value is -1.35. The first-order valence-corrected chi connectivity index (χ1v) is 5.89. The standard InChI is InChI=1S/C14H22N2O/c1-10-6-11(2)8-12(7-10)16-13(17)14(3,4)9-15-5/h6-8,15H,9H2,1-5H3,(H,16,17). The Morgan fingerprint density at radius 3 is 2.18 bits per heavy atom. The van der Waals surface area contributed by atoms with Crippen LogP contribution in [0, 0.1) is 19.3 Å². The van der Waals surface area contributed by atoms with E-state index in [-0.39, 0.29) is 5.91 Å². The Morgan fingerprint density at radius 1 is 1.18 bits per heavy atom. The van der Waals surface area contributed by atoms with Crippen molar-refractivity contribution in [3.05, 3.63) is 29.3 Å². The van der Waals surface area contributed by atoms with Gasteiger partial charge in [0.15, 0.2) is 0 Å². The van der Waals surface area contributed by atoms with Crippen LogP contribution in [0.5, 0.6) is 0 Å². The molecule has 2 N–H and O–H groups in total. The second-order valence-electron chi connectivity index (χ2n) is 5.24. The van der Waals surface area contributed by atoms with Gasteiger partial charge in [-0.1, -0.05) is 6.07 Å². The average Bonchev–Trinajstić information content (AvgIpc) is 2.15. The van der Waals surface area contributed by atoms with Crippen LogP contribution in [0.1, 0.15) is 25.0 Å². The number of carbonyl (C=O) groups excluding carboxylic acids is 1. The van der Waals surface area contributed by atoms with Gasteiger partial charge in [0, 0.05) is 12.2 Å². The van der Waals surface area contributed by atoms with Crippen LogP contribution in [0.25, 0.3) is 0 Å². The van der Waals surface area contributed by atoms with Gasteiger partial charge in [-0.05, 0) is 58.0 Å². The van der Waals surface area contributed by atoms with E-state index in [0.29, 0.717) is 6.54 Å². The Labute approximate surface area is 104 Å². The van der Waals surface area contributed by atoms with Gasteiger partial charge in [-0.15, -0.1) is 0 Å². The molecule has 0 aliphatic rings. The predicted molar refractivity (Wildman–Crippen MR) is 72.3 cm³/mol.